The summed E-state index contributed by atoms with van der Waals surface area (Å²) in [6.45, 7) is -0.496. The molecule has 0 aromatic carbocycles. The number of imidazole rings is 1. The first-order chi connectivity index (χ1) is 9.52. The van der Waals surface area contributed by atoms with Crippen molar-refractivity contribution < 1.29 is 19.3 Å². The molecule has 1 unspecified atom stereocenters. The first-order valence-electron chi connectivity index (χ1n) is 5.87. The van der Waals surface area contributed by atoms with E-state index in [2.05, 4.69) is 15.0 Å². The predicted molar refractivity (Wildman–Crippen MR) is 66.0 cm³/mol. The maximum Gasteiger partial charge on any atom is 0.224 e. The molecule has 0 bridgehead atoms. The molecule has 0 amide bonds. The van der Waals surface area contributed by atoms with Crippen LogP contribution in [0.5, 0.6) is 0 Å². The number of alkyl halides is 1. The van der Waals surface area contributed by atoms with Crippen molar-refractivity contribution in [2.24, 2.45) is 0 Å². The van der Waals surface area contributed by atoms with E-state index in [-0.39, 0.29) is 22.9 Å². The number of halogens is 1. The van der Waals surface area contributed by atoms with Gasteiger partial charge in [-0.25, -0.2) is 9.37 Å². The number of aliphatic hydroxyl groups is 2. The number of hydrogen-bond donors (Lipinski definition) is 4. The molecule has 0 saturated carbocycles. The van der Waals surface area contributed by atoms with Crippen molar-refractivity contribution in [3.8, 4) is 0 Å². The van der Waals surface area contributed by atoms with E-state index >= 15 is 0 Å². The molecule has 9 nitrogen and oxygen atoms in total. The van der Waals surface area contributed by atoms with Gasteiger partial charge >= 0.3 is 0 Å². The zero-order valence-corrected chi connectivity index (χ0v) is 10.2. The van der Waals surface area contributed by atoms with Crippen LogP contribution in [0.2, 0.25) is 0 Å². The minimum atomic E-state index is -1.73. The van der Waals surface area contributed by atoms with Crippen LogP contribution in [0.4, 0.5) is 16.2 Å². The molecule has 1 aliphatic heterocycles. The standard InChI is InChI=1S/C10H13FN6O3/c11-4-6(19)3(1-18)20-9(4)17-2-14-5-7(12)15-10(13)16-8(5)17/h2-4,6,9,18-19H,1H2,(H4,12,13,15,16)/t3-,4-,6?,9-/m1/s1. The van der Waals surface area contributed by atoms with Crippen molar-refractivity contribution in [3.05, 3.63) is 6.33 Å². The van der Waals surface area contributed by atoms with Crippen LogP contribution in [0.15, 0.2) is 6.33 Å². The molecule has 1 fully saturated rings. The minimum Gasteiger partial charge on any atom is -0.394 e. The molecule has 3 rings (SSSR count). The minimum absolute atomic E-state index is 0.0684. The largest absolute Gasteiger partial charge is 0.394 e. The van der Waals surface area contributed by atoms with Gasteiger partial charge in [0.05, 0.1) is 12.9 Å². The van der Waals surface area contributed by atoms with E-state index in [1.807, 2.05) is 0 Å². The SMILES string of the molecule is Nc1nc(N)c2ncn([C@@H]3O[C@H](CO)C(O)[C@H]3F)c2n1. The number of anilines is 2. The summed E-state index contributed by atoms with van der Waals surface area (Å²) in [4.78, 5) is 11.7. The molecular weight excluding hydrogens is 271 g/mol. The number of fused-ring (bicyclic) bond motifs is 1. The van der Waals surface area contributed by atoms with Gasteiger partial charge in [0, 0.05) is 0 Å². The fraction of sp³-hybridized carbons (Fsp3) is 0.500. The summed E-state index contributed by atoms with van der Waals surface area (Å²) in [5, 5.41) is 18.7. The quantitative estimate of drug-likeness (QED) is 0.525. The summed E-state index contributed by atoms with van der Waals surface area (Å²) in [5.41, 5.74) is 11.6. The molecule has 0 radical (unpaired) electrons. The average Bonchev–Trinajstić information content (AvgIpc) is 2.93. The smallest absolute Gasteiger partial charge is 0.224 e. The number of ether oxygens (including phenoxy) is 1. The first-order valence-corrected chi connectivity index (χ1v) is 5.87. The van der Waals surface area contributed by atoms with E-state index in [0.29, 0.717) is 0 Å². The highest BCUT2D eigenvalue weighted by molar-refractivity contribution is 5.82. The highest BCUT2D eigenvalue weighted by Crippen LogP contribution is 2.33. The Labute approximate surface area is 112 Å². The third-order valence-corrected chi connectivity index (χ3v) is 3.21. The van der Waals surface area contributed by atoms with Crippen LogP contribution in [-0.2, 0) is 4.74 Å². The van der Waals surface area contributed by atoms with E-state index < -0.39 is 31.2 Å². The lowest BCUT2D eigenvalue weighted by atomic mass is 10.1. The number of hydrogen-bond acceptors (Lipinski definition) is 8. The van der Waals surface area contributed by atoms with Crippen molar-refractivity contribution in [2.75, 3.05) is 18.1 Å². The summed E-state index contributed by atoms with van der Waals surface area (Å²) in [7, 11) is 0. The highest BCUT2D eigenvalue weighted by atomic mass is 19.1. The van der Waals surface area contributed by atoms with E-state index in [0.717, 1.165) is 0 Å². The second kappa shape index (κ2) is 4.51. The number of nitrogen functional groups attached to an aromatic ring is 2. The summed E-state index contributed by atoms with van der Waals surface area (Å²) < 4.78 is 20.6. The topological polar surface area (TPSA) is 145 Å². The van der Waals surface area contributed by atoms with Crippen molar-refractivity contribution in [1.29, 1.82) is 0 Å². The maximum absolute atomic E-state index is 14.1. The van der Waals surface area contributed by atoms with Crippen LogP contribution in [-0.4, -0.2) is 54.7 Å². The number of rotatable bonds is 2. The Balaban J connectivity index is 2.07. The molecule has 0 aliphatic carbocycles. The Morgan fingerprint density at radius 1 is 1.40 bits per heavy atom. The lowest BCUT2D eigenvalue weighted by Gasteiger charge is -2.15. The second-order valence-electron chi connectivity index (χ2n) is 4.47. The predicted octanol–water partition coefficient (Wildman–Crippen LogP) is -1.42. The van der Waals surface area contributed by atoms with Crippen LogP contribution in [0.1, 0.15) is 6.23 Å². The van der Waals surface area contributed by atoms with Crippen LogP contribution in [0.3, 0.4) is 0 Å². The Hall–Kier alpha value is -2.04. The lowest BCUT2D eigenvalue weighted by molar-refractivity contribution is -0.0459. The normalized spacial score (nSPS) is 30.1. The molecule has 6 N–H and O–H groups in total. The zero-order chi connectivity index (χ0) is 14.4. The fourth-order valence-electron chi connectivity index (χ4n) is 2.22. The van der Waals surface area contributed by atoms with Gasteiger partial charge in [-0.1, -0.05) is 0 Å². The van der Waals surface area contributed by atoms with Gasteiger partial charge in [0.2, 0.25) is 5.95 Å². The van der Waals surface area contributed by atoms with E-state index in [4.69, 9.17) is 21.3 Å². The Bertz CT molecular complexity index is 649. The van der Waals surface area contributed by atoms with Gasteiger partial charge in [0.25, 0.3) is 0 Å². The molecule has 3 heterocycles. The number of aliphatic hydroxyl groups excluding tert-OH is 2. The molecular formula is C10H13FN6O3. The number of nitrogens with zero attached hydrogens (tertiary/aromatic N) is 4. The van der Waals surface area contributed by atoms with Gasteiger partial charge in [-0.15, -0.1) is 0 Å². The zero-order valence-electron chi connectivity index (χ0n) is 10.2. The molecule has 0 spiro atoms. The van der Waals surface area contributed by atoms with Crippen LogP contribution < -0.4 is 11.5 Å². The van der Waals surface area contributed by atoms with Gasteiger partial charge < -0.3 is 26.4 Å². The summed E-state index contributed by atoms with van der Waals surface area (Å²) in [6.07, 6.45) is -4.07. The van der Waals surface area contributed by atoms with Gasteiger partial charge in [0.15, 0.2) is 23.9 Å². The van der Waals surface area contributed by atoms with Crippen molar-refractivity contribution in [2.45, 2.75) is 24.6 Å². The second-order valence-corrected chi connectivity index (χ2v) is 4.47. The Morgan fingerprint density at radius 3 is 2.80 bits per heavy atom. The third-order valence-electron chi connectivity index (χ3n) is 3.21. The molecule has 20 heavy (non-hydrogen) atoms. The van der Waals surface area contributed by atoms with E-state index in [1.165, 1.54) is 10.9 Å². The maximum atomic E-state index is 14.1. The van der Waals surface area contributed by atoms with E-state index in [9.17, 15) is 9.50 Å². The van der Waals surface area contributed by atoms with Gasteiger partial charge in [-0.3, -0.25) is 4.57 Å². The van der Waals surface area contributed by atoms with Crippen molar-refractivity contribution >= 4 is 22.9 Å². The molecule has 1 aliphatic rings. The van der Waals surface area contributed by atoms with Crippen molar-refractivity contribution in [1.82, 2.24) is 19.5 Å². The molecule has 2 aromatic heterocycles. The average molecular weight is 284 g/mol. The number of aromatic nitrogens is 4. The van der Waals surface area contributed by atoms with Crippen LogP contribution in [0.25, 0.3) is 11.2 Å². The Morgan fingerprint density at radius 2 is 2.15 bits per heavy atom. The Kier molecular flexibility index (Phi) is 2.92. The highest BCUT2D eigenvalue weighted by Gasteiger charge is 2.45. The van der Waals surface area contributed by atoms with Crippen LogP contribution in [0, 0.1) is 0 Å². The van der Waals surface area contributed by atoms with Gasteiger partial charge in [0.1, 0.15) is 17.7 Å². The number of nitrogens with two attached hydrogens (primary N) is 2. The van der Waals surface area contributed by atoms with Gasteiger partial charge in [-0.05, 0) is 0 Å². The lowest BCUT2D eigenvalue weighted by Crippen LogP contribution is -2.30. The van der Waals surface area contributed by atoms with E-state index in [1.54, 1.807) is 0 Å². The fourth-order valence-corrected chi connectivity index (χ4v) is 2.22. The summed E-state index contributed by atoms with van der Waals surface area (Å²) in [5.74, 6) is -0.0108. The summed E-state index contributed by atoms with van der Waals surface area (Å²) >= 11 is 0. The third kappa shape index (κ3) is 1.77. The summed E-state index contributed by atoms with van der Waals surface area (Å²) in [6, 6.07) is 0. The van der Waals surface area contributed by atoms with Crippen LogP contribution >= 0.6 is 0 Å². The molecule has 1 saturated heterocycles. The molecule has 2 aromatic rings. The van der Waals surface area contributed by atoms with Crippen molar-refractivity contribution in [3.63, 3.8) is 0 Å². The first kappa shape index (κ1) is 13.0. The molecule has 10 heteroatoms. The monoisotopic (exact) mass is 284 g/mol. The molecule has 108 valence electrons. The van der Waals surface area contributed by atoms with Gasteiger partial charge in [-0.2, -0.15) is 9.97 Å². The molecule has 4 atom stereocenters.